The lowest BCUT2D eigenvalue weighted by Gasteiger charge is -2.56. The molecule has 2 fully saturated rings. The first-order valence-electron chi connectivity index (χ1n) is 17.5. The van der Waals surface area contributed by atoms with Crippen molar-refractivity contribution in [2.75, 3.05) is 0 Å². The summed E-state index contributed by atoms with van der Waals surface area (Å²) in [6.45, 7) is 3.21. The second kappa shape index (κ2) is 12.7. The summed E-state index contributed by atoms with van der Waals surface area (Å²) >= 11 is 0. The Bertz CT molecular complexity index is 2250. The Labute approximate surface area is 306 Å². The van der Waals surface area contributed by atoms with Crippen molar-refractivity contribution in [3.8, 4) is 11.1 Å². The molecular formula is C40H40F5NO5S2. The van der Waals surface area contributed by atoms with Crippen LogP contribution >= 0.6 is 0 Å². The molecule has 3 aromatic carbocycles. The van der Waals surface area contributed by atoms with Crippen LogP contribution in [0.15, 0.2) is 105 Å². The minimum atomic E-state index is -5.93. The van der Waals surface area contributed by atoms with Crippen molar-refractivity contribution < 1.29 is 44.5 Å². The minimum absolute atomic E-state index is 0.00813. The summed E-state index contributed by atoms with van der Waals surface area (Å²) in [7, 11) is -7.61. The van der Waals surface area contributed by atoms with E-state index in [-0.39, 0.29) is 34.3 Å². The van der Waals surface area contributed by atoms with Crippen molar-refractivity contribution in [1.82, 2.24) is 4.13 Å². The molecule has 0 saturated heterocycles. The lowest BCUT2D eigenvalue weighted by Crippen LogP contribution is -2.65. The molecule has 3 unspecified atom stereocenters. The van der Waals surface area contributed by atoms with E-state index in [2.05, 4.69) is 10.00 Å². The number of carbonyl (C=O) groups is 1. The van der Waals surface area contributed by atoms with Gasteiger partial charge in [0.25, 0.3) is 10.0 Å². The fourth-order valence-corrected chi connectivity index (χ4v) is 12.7. The zero-order valence-electron chi connectivity index (χ0n) is 29.2. The Kier molecular flexibility index (Phi) is 9.03. The highest BCUT2D eigenvalue weighted by Gasteiger charge is 2.79. The molecule has 0 bridgehead atoms. The van der Waals surface area contributed by atoms with Crippen LogP contribution in [-0.2, 0) is 24.5 Å². The van der Waals surface area contributed by atoms with Crippen molar-refractivity contribution in [3.63, 3.8) is 0 Å². The molecule has 4 aliphatic carbocycles. The summed E-state index contributed by atoms with van der Waals surface area (Å²) in [4.78, 5) is 12.5. The van der Waals surface area contributed by atoms with E-state index in [0.717, 1.165) is 27.8 Å². The molecule has 6 atom stereocenters. The molecule has 0 aromatic heterocycles. The van der Waals surface area contributed by atoms with Crippen molar-refractivity contribution in [3.05, 3.63) is 107 Å². The molecule has 0 spiro atoms. The summed E-state index contributed by atoms with van der Waals surface area (Å²) in [5.74, 6) is -3.16. The highest BCUT2D eigenvalue weighted by molar-refractivity contribution is 8.09. The Balaban J connectivity index is 1.21. The average molecular weight is 774 g/mol. The first kappa shape index (κ1) is 37.7. The van der Waals surface area contributed by atoms with E-state index in [9.17, 15) is 35.7 Å². The number of aliphatic hydroxyl groups is 1. The van der Waals surface area contributed by atoms with Gasteiger partial charge in [-0.25, -0.2) is 12.6 Å². The third-order valence-corrected chi connectivity index (χ3v) is 16.1. The number of rotatable bonds is 7. The monoisotopic (exact) mass is 773 g/mol. The van der Waals surface area contributed by atoms with Crippen LogP contribution in [0, 0.1) is 24.2 Å². The zero-order valence-corrected chi connectivity index (χ0v) is 30.8. The van der Waals surface area contributed by atoms with E-state index >= 15 is 8.78 Å². The smallest absolute Gasteiger partial charge is 0.383 e. The largest absolute Gasteiger partial charge is 0.456 e. The maximum absolute atomic E-state index is 15.3. The third kappa shape index (κ3) is 6.11. The van der Waals surface area contributed by atoms with E-state index < -0.39 is 61.1 Å². The standard InChI is InChI=1S/C40H40F5NO5S2/c1-24-4-14-31(15-5-24)53(50,51)46-52(3,49)30-16-10-26(11-17-30)25-6-8-27(9-7-25)34-23-37(2)35(20-21-38(37,48)39(41,42)40(43,44)45)33-18-12-28-22-29(47)13-19-32(28)36(33)34/h4-11,14-17,22,33-35,48H,3,12-13,18-21,23H2,1-2H3,(H,46,49)/t33?,34-,35?,37-,38-,52?/m0/s1. The Morgan fingerprint density at radius 1 is 0.830 bits per heavy atom. The quantitative estimate of drug-likeness (QED) is 0.186. The Morgan fingerprint density at radius 3 is 2.02 bits per heavy atom. The van der Waals surface area contributed by atoms with Gasteiger partial charge in [-0.2, -0.15) is 22.0 Å². The molecule has 2 N–H and O–H groups in total. The van der Waals surface area contributed by atoms with Crippen LogP contribution in [0.4, 0.5) is 22.0 Å². The topological polar surface area (TPSA) is 101 Å². The maximum atomic E-state index is 15.3. The first-order chi connectivity index (χ1) is 24.7. The fourth-order valence-electron chi connectivity index (χ4n) is 9.48. The number of benzene rings is 3. The third-order valence-electron chi connectivity index (χ3n) is 12.2. The summed E-state index contributed by atoms with van der Waals surface area (Å²) in [5.41, 5.74) is 0.788. The summed E-state index contributed by atoms with van der Waals surface area (Å²) in [5, 5.41) is 11.5. The van der Waals surface area contributed by atoms with Gasteiger partial charge in [0.2, 0.25) is 0 Å². The zero-order chi connectivity index (χ0) is 38.4. The molecule has 282 valence electrons. The normalized spacial score (nSPS) is 28.8. The summed E-state index contributed by atoms with van der Waals surface area (Å²) in [6, 6.07) is 19.7. The summed E-state index contributed by atoms with van der Waals surface area (Å²) in [6.07, 6.45) is -3.27. The Hall–Kier alpha value is -3.65. The number of nitrogens with one attached hydrogen (secondary N) is 1. The van der Waals surface area contributed by atoms with Crippen molar-refractivity contribution in [2.24, 2.45) is 17.3 Å². The molecule has 0 aliphatic heterocycles. The van der Waals surface area contributed by atoms with Crippen LogP contribution in [0.1, 0.15) is 68.9 Å². The van der Waals surface area contributed by atoms with Crippen LogP contribution in [0.25, 0.3) is 11.1 Å². The highest BCUT2D eigenvalue weighted by atomic mass is 32.3. The van der Waals surface area contributed by atoms with E-state index in [0.29, 0.717) is 36.8 Å². The van der Waals surface area contributed by atoms with E-state index in [4.69, 9.17) is 0 Å². The molecule has 2 saturated carbocycles. The van der Waals surface area contributed by atoms with E-state index in [1.54, 1.807) is 42.5 Å². The van der Waals surface area contributed by atoms with Gasteiger partial charge in [0.15, 0.2) is 5.78 Å². The number of hydrogen-bond donors (Lipinski definition) is 2. The van der Waals surface area contributed by atoms with Gasteiger partial charge in [0.1, 0.15) is 5.60 Å². The fraction of sp³-hybridized carbons (Fsp3) is 0.400. The summed E-state index contributed by atoms with van der Waals surface area (Å²) < 4.78 is 114. The minimum Gasteiger partial charge on any atom is -0.383 e. The van der Waals surface area contributed by atoms with Crippen molar-refractivity contribution in [1.29, 1.82) is 0 Å². The lowest BCUT2D eigenvalue weighted by molar-refractivity contribution is -0.362. The van der Waals surface area contributed by atoms with Crippen molar-refractivity contribution in [2.45, 2.75) is 92.2 Å². The molecule has 0 heterocycles. The number of ketones is 1. The number of allylic oxidation sites excluding steroid dienone is 4. The SMILES string of the molecule is C=S(=O)(NS(=O)(=O)c1ccc(C)cc1)c1ccc(-c2ccc([C@@H]3C[C@@]4(C)C(CC[C@@]4(O)C(F)(F)C(F)(F)F)C4CCC5=CC(=O)CCC5=C43)cc2)cc1. The number of aryl methyl sites for hydroxylation is 1. The maximum Gasteiger partial charge on any atom is 0.456 e. The lowest BCUT2D eigenvalue weighted by atomic mass is 9.50. The second-order valence-electron chi connectivity index (χ2n) is 15.2. The van der Waals surface area contributed by atoms with Crippen LogP contribution in [0.5, 0.6) is 0 Å². The van der Waals surface area contributed by atoms with Gasteiger partial charge in [0.05, 0.1) is 14.6 Å². The van der Waals surface area contributed by atoms with E-state index in [1.165, 1.54) is 31.2 Å². The van der Waals surface area contributed by atoms with Gasteiger partial charge >= 0.3 is 12.1 Å². The predicted molar refractivity (Wildman–Crippen MR) is 193 cm³/mol. The van der Waals surface area contributed by atoms with Gasteiger partial charge in [-0.15, -0.1) is 4.13 Å². The van der Waals surface area contributed by atoms with Crippen LogP contribution < -0.4 is 4.13 Å². The molecule has 4 aliphatic rings. The number of sulfonamides is 1. The van der Waals surface area contributed by atoms with Gasteiger partial charge in [-0.3, -0.25) is 4.79 Å². The molecule has 3 aromatic rings. The molecule has 0 amide bonds. The predicted octanol–water partition coefficient (Wildman–Crippen LogP) is 8.46. The molecular weight excluding hydrogens is 734 g/mol. The number of alkyl halides is 5. The van der Waals surface area contributed by atoms with Crippen LogP contribution in [0.2, 0.25) is 0 Å². The van der Waals surface area contributed by atoms with Gasteiger partial charge in [-0.1, -0.05) is 66.6 Å². The van der Waals surface area contributed by atoms with Gasteiger partial charge < -0.3 is 5.11 Å². The second-order valence-corrected chi connectivity index (χ2v) is 19.2. The van der Waals surface area contributed by atoms with Crippen LogP contribution in [-0.4, -0.2) is 47.1 Å². The van der Waals surface area contributed by atoms with Crippen LogP contribution in [0.3, 0.4) is 0 Å². The first-order valence-corrected chi connectivity index (χ1v) is 20.7. The molecule has 53 heavy (non-hydrogen) atoms. The Morgan fingerprint density at radius 2 is 1.42 bits per heavy atom. The number of halogens is 5. The van der Waals surface area contributed by atoms with Gasteiger partial charge in [-0.05, 0) is 121 Å². The number of fused-ring (bicyclic) bond motifs is 4. The molecule has 0 radical (unpaired) electrons. The van der Waals surface area contributed by atoms with E-state index in [1.807, 2.05) is 19.1 Å². The van der Waals surface area contributed by atoms with Gasteiger partial charge in [0, 0.05) is 22.6 Å². The molecule has 6 nitrogen and oxygen atoms in total. The molecule has 7 rings (SSSR count). The highest BCUT2D eigenvalue weighted by Crippen LogP contribution is 2.70. The number of hydrogen-bond acceptors (Lipinski definition) is 5. The molecule has 13 heteroatoms. The average Bonchev–Trinajstić information content (AvgIpc) is 3.38. The number of carbonyl (C=O) groups excluding carboxylic acids is 1. The van der Waals surface area contributed by atoms with Crippen molar-refractivity contribution >= 4 is 31.4 Å².